The monoisotopic (exact) mass is 385 g/mol. The van der Waals surface area contributed by atoms with Crippen LogP contribution in [0.5, 0.6) is 0 Å². The summed E-state index contributed by atoms with van der Waals surface area (Å²) in [5.41, 5.74) is 1.50. The Morgan fingerprint density at radius 2 is 1.93 bits per heavy atom. The molecule has 1 aliphatic heterocycles. The van der Waals surface area contributed by atoms with E-state index in [1.54, 1.807) is 29.1 Å². The van der Waals surface area contributed by atoms with Gasteiger partial charge in [0.15, 0.2) is 0 Å². The average molecular weight is 385 g/mol. The molecule has 0 radical (unpaired) electrons. The number of carbonyl (C=O) groups is 1. The third-order valence-corrected chi connectivity index (χ3v) is 6.84. The van der Waals surface area contributed by atoms with E-state index in [1.807, 2.05) is 31.3 Å². The highest BCUT2D eigenvalue weighted by atomic mass is 32.2. The molecule has 140 valence electrons. The molecule has 0 bridgehead atoms. The number of esters is 1. The van der Waals surface area contributed by atoms with Gasteiger partial charge >= 0.3 is 5.97 Å². The molecular weight excluding hydrogens is 366 g/mol. The van der Waals surface area contributed by atoms with Crippen LogP contribution in [0, 0.1) is 0 Å². The van der Waals surface area contributed by atoms with Crippen molar-refractivity contribution in [2.24, 2.45) is 7.05 Å². The number of sulfonamides is 1. The molecule has 0 fully saturated rings. The molecule has 1 atom stereocenters. The van der Waals surface area contributed by atoms with E-state index >= 15 is 0 Å². The Balaban J connectivity index is 1.81. The highest BCUT2D eigenvalue weighted by molar-refractivity contribution is 7.89. The summed E-state index contributed by atoms with van der Waals surface area (Å²) in [5.74, 6) is -0.587. The number of aryl methyl sites for hydroxylation is 1. The molecule has 2 aromatic carbocycles. The van der Waals surface area contributed by atoms with Crippen LogP contribution in [0.15, 0.2) is 53.7 Å². The first-order valence-electron chi connectivity index (χ1n) is 8.49. The van der Waals surface area contributed by atoms with E-state index < -0.39 is 22.0 Å². The summed E-state index contributed by atoms with van der Waals surface area (Å²) >= 11 is 0. The first-order valence-corrected chi connectivity index (χ1v) is 9.93. The van der Waals surface area contributed by atoms with E-state index in [9.17, 15) is 13.2 Å². The molecule has 3 aromatic rings. The lowest BCUT2D eigenvalue weighted by molar-refractivity contribution is -0.145. The van der Waals surface area contributed by atoms with Crippen molar-refractivity contribution in [3.05, 3.63) is 60.2 Å². The van der Waals surface area contributed by atoms with Gasteiger partial charge in [0.05, 0.1) is 36.3 Å². The second kappa shape index (κ2) is 6.47. The summed E-state index contributed by atoms with van der Waals surface area (Å²) < 4.78 is 34.6. The molecular formula is C19H19N3O4S. The van der Waals surface area contributed by atoms with E-state index in [-0.39, 0.29) is 17.9 Å². The fraction of sp³-hybridized carbons (Fsp3) is 0.263. The third kappa shape index (κ3) is 2.90. The summed E-state index contributed by atoms with van der Waals surface area (Å²) in [6, 6.07) is 11.6. The van der Waals surface area contributed by atoms with Crippen LogP contribution in [0.25, 0.3) is 10.8 Å². The molecule has 0 N–H and O–H groups in total. The van der Waals surface area contributed by atoms with Gasteiger partial charge in [0.25, 0.3) is 0 Å². The maximum Gasteiger partial charge on any atom is 0.324 e. The van der Waals surface area contributed by atoms with Crippen LogP contribution in [0.1, 0.15) is 11.4 Å². The lowest BCUT2D eigenvalue weighted by atomic mass is 10.1. The van der Waals surface area contributed by atoms with E-state index in [0.29, 0.717) is 0 Å². The van der Waals surface area contributed by atoms with E-state index in [2.05, 4.69) is 4.98 Å². The SMILES string of the molecule is COC(=O)C1Cc2ncn(C)c2CN1S(=O)(=O)c1ccc2ccccc2c1. The largest absolute Gasteiger partial charge is 0.468 e. The predicted molar refractivity (Wildman–Crippen MR) is 99.4 cm³/mol. The second-order valence-corrected chi connectivity index (χ2v) is 8.44. The molecule has 0 spiro atoms. The molecule has 4 rings (SSSR count). The Morgan fingerprint density at radius 1 is 1.19 bits per heavy atom. The van der Waals surface area contributed by atoms with Gasteiger partial charge < -0.3 is 9.30 Å². The van der Waals surface area contributed by atoms with Gasteiger partial charge in [-0.3, -0.25) is 4.79 Å². The fourth-order valence-corrected chi connectivity index (χ4v) is 5.05. The van der Waals surface area contributed by atoms with Gasteiger partial charge in [-0.2, -0.15) is 4.31 Å². The van der Waals surface area contributed by atoms with E-state index in [4.69, 9.17) is 4.74 Å². The first-order chi connectivity index (χ1) is 12.9. The standard InChI is InChI=1S/C19H19N3O4S/c1-21-12-20-16-10-17(19(23)26-2)22(11-18(16)21)27(24,25)15-8-7-13-5-3-4-6-14(13)9-15/h3-9,12,17H,10-11H2,1-2H3. The molecule has 7 nitrogen and oxygen atoms in total. The molecule has 2 heterocycles. The number of benzene rings is 2. The lowest BCUT2D eigenvalue weighted by Gasteiger charge is -2.32. The summed E-state index contributed by atoms with van der Waals surface area (Å²) in [7, 11) is -0.832. The number of aromatic nitrogens is 2. The van der Waals surface area contributed by atoms with Crippen molar-refractivity contribution in [3.63, 3.8) is 0 Å². The number of hydrogen-bond acceptors (Lipinski definition) is 5. The summed E-state index contributed by atoms with van der Waals surface area (Å²) in [4.78, 5) is 16.8. The minimum absolute atomic E-state index is 0.0702. The summed E-state index contributed by atoms with van der Waals surface area (Å²) in [6.07, 6.45) is 1.82. The van der Waals surface area contributed by atoms with Crippen molar-refractivity contribution in [1.29, 1.82) is 0 Å². The van der Waals surface area contributed by atoms with Crippen LogP contribution in [-0.4, -0.2) is 41.4 Å². The van der Waals surface area contributed by atoms with Crippen LogP contribution < -0.4 is 0 Å². The lowest BCUT2D eigenvalue weighted by Crippen LogP contribution is -2.49. The maximum atomic E-state index is 13.4. The van der Waals surface area contributed by atoms with Crippen molar-refractivity contribution >= 4 is 26.8 Å². The van der Waals surface area contributed by atoms with Gasteiger partial charge in [0, 0.05) is 13.5 Å². The van der Waals surface area contributed by atoms with E-state index in [1.165, 1.54) is 11.4 Å². The molecule has 0 saturated carbocycles. The Kier molecular flexibility index (Phi) is 4.24. The van der Waals surface area contributed by atoms with Crippen molar-refractivity contribution in [2.75, 3.05) is 7.11 Å². The Morgan fingerprint density at radius 3 is 2.67 bits per heavy atom. The quantitative estimate of drug-likeness (QED) is 0.643. The van der Waals surface area contributed by atoms with Gasteiger partial charge in [0.1, 0.15) is 6.04 Å². The van der Waals surface area contributed by atoms with Gasteiger partial charge in [-0.1, -0.05) is 30.3 Å². The van der Waals surface area contributed by atoms with Crippen LogP contribution in [0.4, 0.5) is 0 Å². The third-order valence-electron chi connectivity index (χ3n) is 4.99. The Labute approximate surface area is 157 Å². The van der Waals surface area contributed by atoms with Crippen molar-refractivity contribution < 1.29 is 17.9 Å². The number of hydrogen-bond donors (Lipinski definition) is 0. The van der Waals surface area contributed by atoms with Gasteiger partial charge in [-0.15, -0.1) is 0 Å². The smallest absolute Gasteiger partial charge is 0.324 e. The van der Waals surface area contributed by atoms with Crippen LogP contribution >= 0.6 is 0 Å². The zero-order chi connectivity index (χ0) is 19.2. The van der Waals surface area contributed by atoms with Crippen molar-refractivity contribution in [1.82, 2.24) is 13.9 Å². The average Bonchev–Trinajstić information content (AvgIpc) is 3.06. The molecule has 0 aliphatic carbocycles. The minimum Gasteiger partial charge on any atom is -0.468 e. The van der Waals surface area contributed by atoms with Gasteiger partial charge in [0.2, 0.25) is 10.0 Å². The highest BCUT2D eigenvalue weighted by Crippen LogP contribution is 2.30. The number of methoxy groups -OCH3 is 1. The zero-order valence-corrected chi connectivity index (χ0v) is 15.8. The molecule has 1 aromatic heterocycles. The molecule has 27 heavy (non-hydrogen) atoms. The number of ether oxygens (including phenoxy) is 1. The van der Waals surface area contributed by atoms with Gasteiger partial charge in [-0.05, 0) is 22.9 Å². The Hall–Kier alpha value is -2.71. The minimum atomic E-state index is -3.90. The topological polar surface area (TPSA) is 81.5 Å². The number of imidazole rings is 1. The number of rotatable bonds is 3. The summed E-state index contributed by atoms with van der Waals surface area (Å²) in [6.45, 7) is 0.0702. The molecule has 0 amide bonds. The number of carbonyl (C=O) groups excluding carboxylic acids is 1. The predicted octanol–water partition coefficient (Wildman–Crippen LogP) is 1.86. The first kappa shape index (κ1) is 17.7. The molecule has 1 unspecified atom stereocenters. The van der Waals surface area contributed by atoms with Crippen LogP contribution in [0.3, 0.4) is 0 Å². The normalized spacial score (nSPS) is 17.6. The van der Waals surface area contributed by atoms with Crippen molar-refractivity contribution in [3.8, 4) is 0 Å². The maximum absolute atomic E-state index is 13.4. The number of nitrogens with zero attached hydrogens (tertiary/aromatic N) is 3. The second-order valence-electron chi connectivity index (χ2n) is 6.55. The molecule has 1 aliphatic rings. The van der Waals surface area contributed by atoms with Crippen LogP contribution in [-0.2, 0) is 39.6 Å². The molecule has 8 heteroatoms. The van der Waals surface area contributed by atoms with Gasteiger partial charge in [-0.25, -0.2) is 13.4 Å². The van der Waals surface area contributed by atoms with Crippen molar-refractivity contribution in [2.45, 2.75) is 23.9 Å². The van der Waals surface area contributed by atoms with Crippen LogP contribution in [0.2, 0.25) is 0 Å². The fourth-order valence-electron chi connectivity index (χ4n) is 3.47. The number of fused-ring (bicyclic) bond motifs is 2. The molecule has 0 saturated heterocycles. The Bertz CT molecular complexity index is 1140. The zero-order valence-electron chi connectivity index (χ0n) is 15.0. The summed E-state index contributed by atoms with van der Waals surface area (Å²) in [5, 5.41) is 1.78. The highest BCUT2D eigenvalue weighted by Gasteiger charge is 2.41. The van der Waals surface area contributed by atoms with E-state index in [0.717, 1.165) is 22.2 Å².